The van der Waals surface area contributed by atoms with Crippen molar-refractivity contribution < 1.29 is 13.9 Å². The standard InChI is InChI=1S/C7H12F2O/c8-7(9)4-2-1-3-6(7)5-10/h6,10H,1-5H2/t6-/m1/s1. The van der Waals surface area contributed by atoms with Crippen molar-refractivity contribution in [3.05, 3.63) is 0 Å². The van der Waals surface area contributed by atoms with Gasteiger partial charge in [0.05, 0.1) is 6.61 Å². The van der Waals surface area contributed by atoms with Crippen LogP contribution in [0.4, 0.5) is 8.78 Å². The van der Waals surface area contributed by atoms with Crippen molar-refractivity contribution in [1.82, 2.24) is 0 Å². The number of aliphatic hydroxyl groups is 1. The molecular weight excluding hydrogens is 138 g/mol. The van der Waals surface area contributed by atoms with Gasteiger partial charge in [0, 0.05) is 12.3 Å². The summed E-state index contributed by atoms with van der Waals surface area (Å²) in [5.74, 6) is -3.38. The van der Waals surface area contributed by atoms with Crippen molar-refractivity contribution in [3.8, 4) is 0 Å². The average molecular weight is 150 g/mol. The third-order valence-electron chi connectivity index (χ3n) is 2.13. The summed E-state index contributed by atoms with van der Waals surface area (Å²) < 4.78 is 25.4. The van der Waals surface area contributed by atoms with Crippen molar-refractivity contribution in [3.63, 3.8) is 0 Å². The third-order valence-corrected chi connectivity index (χ3v) is 2.13. The maximum Gasteiger partial charge on any atom is 0.253 e. The van der Waals surface area contributed by atoms with Gasteiger partial charge in [-0.05, 0) is 12.8 Å². The van der Waals surface area contributed by atoms with Gasteiger partial charge in [-0.1, -0.05) is 6.42 Å². The molecule has 1 aliphatic rings. The van der Waals surface area contributed by atoms with Crippen LogP contribution in [0.1, 0.15) is 25.7 Å². The van der Waals surface area contributed by atoms with Gasteiger partial charge >= 0.3 is 0 Å². The molecule has 60 valence electrons. The number of halogens is 2. The van der Waals surface area contributed by atoms with Gasteiger partial charge in [-0.25, -0.2) is 8.78 Å². The summed E-state index contributed by atoms with van der Waals surface area (Å²) in [6.07, 6.45) is 1.87. The first-order chi connectivity index (χ1) is 4.67. The van der Waals surface area contributed by atoms with Gasteiger partial charge in [0.25, 0.3) is 5.92 Å². The molecular formula is C7H12F2O. The van der Waals surface area contributed by atoms with Gasteiger partial charge in [0.15, 0.2) is 0 Å². The van der Waals surface area contributed by atoms with Crippen LogP contribution in [-0.4, -0.2) is 17.6 Å². The minimum absolute atomic E-state index is 0.0434. The Balaban J connectivity index is 2.51. The average Bonchev–Trinajstić information content (AvgIpc) is 1.87. The van der Waals surface area contributed by atoms with Crippen LogP contribution in [-0.2, 0) is 0 Å². The third kappa shape index (κ3) is 1.45. The molecule has 0 heterocycles. The molecule has 10 heavy (non-hydrogen) atoms. The maximum atomic E-state index is 12.7. The Labute approximate surface area is 59.0 Å². The molecule has 1 fully saturated rings. The van der Waals surface area contributed by atoms with Gasteiger partial charge in [0.2, 0.25) is 0 Å². The van der Waals surface area contributed by atoms with Crippen molar-refractivity contribution in [2.24, 2.45) is 5.92 Å². The number of hydrogen-bond acceptors (Lipinski definition) is 1. The van der Waals surface area contributed by atoms with Crippen LogP contribution in [0.2, 0.25) is 0 Å². The highest BCUT2D eigenvalue weighted by Crippen LogP contribution is 2.37. The second-order valence-corrected chi connectivity index (χ2v) is 2.89. The van der Waals surface area contributed by atoms with E-state index >= 15 is 0 Å². The van der Waals surface area contributed by atoms with E-state index in [9.17, 15) is 8.78 Å². The van der Waals surface area contributed by atoms with E-state index in [2.05, 4.69) is 0 Å². The monoisotopic (exact) mass is 150 g/mol. The highest BCUT2D eigenvalue weighted by Gasteiger charge is 2.40. The topological polar surface area (TPSA) is 20.2 Å². The fraction of sp³-hybridized carbons (Fsp3) is 1.00. The Morgan fingerprint density at radius 2 is 2.10 bits per heavy atom. The largest absolute Gasteiger partial charge is 0.396 e. The quantitative estimate of drug-likeness (QED) is 0.604. The minimum atomic E-state index is -2.60. The molecule has 0 bridgehead atoms. The number of alkyl halides is 2. The van der Waals surface area contributed by atoms with Gasteiger partial charge < -0.3 is 5.11 Å². The molecule has 1 nitrogen and oxygen atoms in total. The zero-order valence-corrected chi connectivity index (χ0v) is 5.82. The van der Waals surface area contributed by atoms with E-state index in [1.807, 2.05) is 0 Å². The minimum Gasteiger partial charge on any atom is -0.396 e. The molecule has 1 rings (SSSR count). The van der Waals surface area contributed by atoms with Crippen LogP contribution in [0.25, 0.3) is 0 Å². The van der Waals surface area contributed by atoms with E-state index in [1.165, 1.54) is 0 Å². The van der Waals surface area contributed by atoms with Gasteiger partial charge in [-0.2, -0.15) is 0 Å². The summed E-state index contributed by atoms with van der Waals surface area (Å²) in [7, 11) is 0. The number of hydrogen-bond donors (Lipinski definition) is 1. The molecule has 0 aliphatic heterocycles. The van der Waals surface area contributed by atoms with Crippen LogP contribution in [0.5, 0.6) is 0 Å². The van der Waals surface area contributed by atoms with E-state index in [0.29, 0.717) is 12.8 Å². The number of aliphatic hydroxyl groups excluding tert-OH is 1. The lowest BCUT2D eigenvalue weighted by Crippen LogP contribution is -2.33. The van der Waals surface area contributed by atoms with Crippen molar-refractivity contribution in [1.29, 1.82) is 0 Å². The highest BCUT2D eigenvalue weighted by atomic mass is 19.3. The predicted molar refractivity (Wildman–Crippen MR) is 34.0 cm³/mol. The lowest BCUT2D eigenvalue weighted by atomic mass is 9.86. The van der Waals surface area contributed by atoms with Crippen molar-refractivity contribution >= 4 is 0 Å². The Hall–Kier alpha value is -0.180. The zero-order valence-electron chi connectivity index (χ0n) is 5.82. The van der Waals surface area contributed by atoms with E-state index in [1.54, 1.807) is 0 Å². The van der Waals surface area contributed by atoms with Gasteiger partial charge in [-0.3, -0.25) is 0 Å². The SMILES string of the molecule is OC[C@H]1CCCCC1(F)F. The Morgan fingerprint density at radius 1 is 1.40 bits per heavy atom. The fourth-order valence-corrected chi connectivity index (χ4v) is 1.39. The van der Waals surface area contributed by atoms with Gasteiger partial charge in [-0.15, -0.1) is 0 Å². The maximum absolute atomic E-state index is 12.7. The molecule has 0 aromatic heterocycles. The Morgan fingerprint density at radius 3 is 2.50 bits per heavy atom. The molecule has 0 aromatic rings. The Bertz CT molecular complexity index is 114. The first-order valence-corrected chi connectivity index (χ1v) is 3.65. The molecule has 1 atom stereocenters. The molecule has 0 radical (unpaired) electrons. The second-order valence-electron chi connectivity index (χ2n) is 2.89. The first kappa shape index (κ1) is 7.92. The molecule has 0 saturated heterocycles. The summed E-state index contributed by atoms with van der Waals surface area (Å²) in [5.41, 5.74) is 0. The molecule has 0 unspecified atom stereocenters. The summed E-state index contributed by atoms with van der Waals surface area (Å²) in [4.78, 5) is 0. The van der Waals surface area contributed by atoms with Gasteiger partial charge in [0.1, 0.15) is 0 Å². The molecule has 0 spiro atoms. The lowest BCUT2D eigenvalue weighted by molar-refractivity contribution is -0.101. The van der Waals surface area contributed by atoms with Crippen LogP contribution in [0.15, 0.2) is 0 Å². The summed E-state index contributed by atoms with van der Waals surface area (Å²) >= 11 is 0. The first-order valence-electron chi connectivity index (χ1n) is 3.65. The number of rotatable bonds is 1. The van der Waals surface area contributed by atoms with Crippen LogP contribution < -0.4 is 0 Å². The van der Waals surface area contributed by atoms with E-state index in [-0.39, 0.29) is 13.0 Å². The Kier molecular flexibility index (Phi) is 2.24. The zero-order chi connectivity index (χ0) is 7.61. The molecule has 3 heteroatoms. The second kappa shape index (κ2) is 2.82. The lowest BCUT2D eigenvalue weighted by Gasteiger charge is -2.29. The summed E-state index contributed by atoms with van der Waals surface area (Å²) in [6, 6.07) is 0. The van der Waals surface area contributed by atoms with Crippen LogP contribution >= 0.6 is 0 Å². The molecule has 1 N–H and O–H groups in total. The predicted octanol–water partition coefficient (Wildman–Crippen LogP) is 1.80. The smallest absolute Gasteiger partial charge is 0.253 e. The van der Waals surface area contributed by atoms with E-state index in [0.717, 1.165) is 6.42 Å². The highest BCUT2D eigenvalue weighted by molar-refractivity contribution is 4.80. The summed E-state index contributed by atoms with van der Waals surface area (Å²) in [5, 5.41) is 8.55. The molecule has 0 amide bonds. The van der Waals surface area contributed by atoms with Crippen LogP contribution in [0, 0.1) is 5.92 Å². The van der Waals surface area contributed by atoms with E-state index in [4.69, 9.17) is 5.11 Å². The van der Waals surface area contributed by atoms with Crippen molar-refractivity contribution in [2.45, 2.75) is 31.6 Å². The molecule has 1 aliphatic carbocycles. The fourth-order valence-electron chi connectivity index (χ4n) is 1.39. The summed E-state index contributed by atoms with van der Waals surface area (Å²) in [6.45, 7) is -0.368. The van der Waals surface area contributed by atoms with Crippen LogP contribution in [0.3, 0.4) is 0 Å². The molecule has 1 saturated carbocycles. The normalized spacial score (nSPS) is 32.1. The van der Waals surface area contributed by atoms with E-state index < -0.39 is 11.8 Å². The molecule has 0 aromatic carbocycles. The van der Waals surface area contributed by atoms with Crippen molar-refractivity contribution in [2.75, 3.05) is 6.61 Å².